The van der Waals surface area contributed by atoms with Crippen molar-refractivity contribution in [1.82, 2.24) is 0 Å². The summed E-state index contributed by atoms with van der Waals surface area (Å²) in [5, 5.41) is 0. The van der Waals surface area contributed by atoms with Gasteiger partial charge in [0.05, 0.1) is 13.2 Å². The standard InChI is InChI=1S/C23H36O5/c1-5-6-7-8-9-10-12-19(3)27-22(24)13-11-14-23(25)28-21-17-18(2)15-16-20(21)26-4/h15-17,19H,5-14H2,1-4H3. The Morgan fingerprint density at radius 2 is 1.61 bits per heavy atom. The van der Waals surface area contributed by atoms with Gasteiger partial charge in [0.15, 0.2) is 11.5 Å². The third-order valence-corrected chi connectivity index (χ3v) is 4.60. The van der Waals surface area contributed by atoms with Crippen LogP contribution in [-0.4, -0.2) is 25.2 Å². The van der Waals surface area contributed by atoms with Gasteiger partial charge in [-0.25, -0.2) is 0 Å². The number of hydrogen-bond acceptors (Lipinski definition) is 5. The molecule has 5 nitrogen and oxygen atoms in total. The minimum atomic E-state index is -0.378. The van der Waals surface area contributed by atoms with Gasteiger partial charge in [-0.05, 0) is 50.8 Å². The van der Waals surface area contributed by atoms with Crippen molar-refractivity contribution in [2.75, 3.05) is 7.11 Å². The van der Waals surface area contributed by atoms with Crippen molar-refractivity contribution < 1.29 is 23.8 Å². The molecule has 28 heavy (non-hydrogen) atoms. The monoisotopic (exact) mass is 392 g/mol. The molecule has 0 N–H and O–H groups in total. The lowest BCUT2D eigenvalue weighted by Gasteiger charge is -2.13. The Labute approximate surface area is 169 Å². The van der Waals surface area contributed by atoms with E-state index in [9.17, 15) is 9.59 Å². The van der Waals surface area contributed by atoms with E-state index < -0.39 is 0 Å². The average Bonchev–Trinajstić information content (AvgIpc) is 2.64. The van der Waals surface area contributed by atoms with Gasteiger partial charge in [-0.3, -0.25) is 9.59 Å². The number of esters is 2. The number of rotatable bonds is 14. The maximum absolute atomic E-state index is 12.0. The van der Waals surface area contributed by atoms with Gasteiger partial charge in [0.2, 0.25) is 0 Å². The largest absolute Gasteiger partial charge is 0.493 e. The summed E-state index contributed by atoms with van der Waals surface area (Å²) in [6, 6.07) is 5.41. The predicted octanol–water partition coefficient (Wildman–Crippen LogP) is 5.76. The van der Waals surface area contributed by atoms with E-state index in [1.165, 1.54) is 39.2 Å². The van der Waals surface area contributed by atoms with Crippen LogP contribution in [0.1, 0.15) is 83.6 Å². The summed E-state index contributed by atoms with van der Waals surface area (Å²) >= 11 is 0. The minimum Gasteiger partial charge on any atom is -0.493 e. The molecule has 0 spiro atoms. The zero-order valence-corrected chi connectivity index (χ0v) is 17.9. The first kappa shape index (κ1) is 24.0. The Kier molecular flexibility index (Phi) is 12.0. The number of methoxy groups -OCH3 is 1. The number of hydrogen-bond donors (Lipinski definition) is 0. The number of aryl methyl sites for hydroxylation is 1. The lowest BCUT2D eigenvalue weighted by atomic mass is 10.1. The molecule has 0 bridgehead atoms. The molecule has 0 fully saturated rings. The molecule has 0 saturated carbocycles. The van der Waals surface area contributed by atoms with Gasteiger partial charge in [-0.1, -0.05) is 45.1 Å². The van der Waals surface area contributed by atoms with E-state index in [1.54, 1.807) is 12.1 Å². The summed E-state index contributed by atoms with van der Waals surface area (Å²) in [4.78, 5) is 23.9. The molecule has 0 radical (unpaired) electrons. The minimum absolute atomic E-state index is 0.0674. The maximum Gasteiger partial charge on any atom is 0.311 e. The van der Waals surface area contributed by atoms with Crippen molar-refractivity contribution in [3.05, 3.63) is 23.8 Å². The fourth-order valence-corrected chi connectivity index (χ4v) is 2.97. The first-order valence-corrected chi connectivity index (χ1v) is 10.5. The second kappa shape index (κ2) is 14.0. The number of benzene rings is 1. The highest BCUT2D eigenvalue weighted by Crippen LogP contribution is 2.28. The van der Waals surface area contributed by atoms with E-state index in [2.05, 4.69) is 6.92 Å². The Morgan fingerprint density at radius 3 is 2.32 bits per heavy atom. The van der Waals surface area contributed by atoms with E-state index in [0.717, 1.165) is 18.4 Å². The molecular weight excluding hydrogens is 356 g/mol. The third kappa shape index (κ3) is 10.3. The summed E-state index contributed by atoms with van der Waals surface area (Å²) in [5.41, 5.74) is 0.978. The van der Waals surface area contributed by atoms with Crippen molar-refractivity contribution in [2.45, 2.75) is 91.1 Å². The van der Waals surface area contributed by atoms with Crippen molar-refractivity contribution in [3.63, 3.8) is 0 Å². The first-order chi connectivity index (χ1) is 13.5. The molecular formula is C23H36O5. The maximum atomic E-state index is 12.0. The number of carbonyl (C=O) groups excluding carboxylic acids is 2. The summed E-state index contributed by atoms with van der Waals surface area (Å²) in [5.74, 6) is 0.292. The SMILES string of the molecule is CCCCCCCCC(C)OC(=O)CCCC(=O)Oc1cc(C)ccc1OC. The topological polar surface area (TPSA) is 61.8 Å². The molecule has 1 rings (SSSR count). The molecule has 1 unspecified atom stereocenters. The molecule has 0 heterocycles. The summed E-state index contributed by atoms with van der Waals surface area (Å²) in [6.45, 7) is 6.06. The predicted molar refractivity (Wildman–Crippen MR) is 111 cm³/mol. The summed E-state index contributed by atoms with van der Waals surface area (Å²) in [7, 11) is 1.53. The molecule has 0 aliphatic carbocycles. The molecule has 1 aromatic rings. The van der Waals surface area contributed by atoms with Gasteiger partial charge in [0.25, 0.3) is 0 Å². The van der Waals surface area contributed by atoms with Crippen LogP contribution in [0.2, 0.25) is 0 Å². The van der Waals surface area contributed by atoms with Gasteiger partial charge in [0.1, 0.15) is 0 Å². The van der Waals surface area contributed by atoms with Crippen molar-refractivity contribution in [1.29, 1.82) is 0 Å². The van der Waals surface area contributed by atoms with E-state index in [4.69, 9.17) is 14.2 Å². The summed E-state index contributed by atoms with van der Waals surface area (Å²) < 4.78 is 16.0. The highest BCUT2D eigenvalue weighted by molar-refractivity contribution is 5.75. The van der Waals surface area contributed by atoms with Gasteiger partial charge in [-0.2, -0.15) is 0 Å². The second-order valence-electron chi connectivity index (χ2n) is 7.34. The van der Waals surface area contributed by atoms with Crippen LogP contribution in [0, 0.1) is 6.92 Å². The molecule has 0 amide bonds. The Bertz CT molecular complexity index is 597. The first-order valence-electron chi connectivity index (χ1n) is 10.5. The molecule has 0 aliphatic rings. The molecule has 0 aromatic heterocycles. The highest BCUT2D eigenvalue weighted by atomic mass is 16.6. The number of ether oxygens (including phenoxy) is 3. The fourth-order valence-electron chi connectivity index (χ4n) is 2.97. The van der Waals surface area contributed by atoms with Gasteiger partial charge >= 0.3 is 11.9 Å². The lowest BCUT2D eigenvalue weighted by Crippen LogP contribution is -2.15. The number of unbranched alkanes of at least 4 members (excludes halogenated alkanes) is 5. The Balaban J connectivity index is 2.20. The molecule has 1 aromatic carbocycles. The molecule has 0 aliphatic heterocycles. The summed E-state index contributed by atoms with van der Waals surface area (Å²) in [6.07, 6.45) is 8.99. The van der Waals surface area contributed by atoms with E-state index in [-0.39, 0.29) is 30.9 Å². The molecule has 0 saturated heterocycles. The van der Waals surface area contributed by atoms with Crippen LogP contribution in [0.3, 0.4) is 0 Å². The second-order valence-corrected chi connectivity index (χ2v) is 7.34. The van der Waals surface area contributed by atoms with Gasteiger partial charge in [0, 0.05) is 12.8 Å². The van der Waals surface area contributed by atoms with Crippen LogP contribution in [-0.2, 0) is 14.3 Å². The smallest absolute Gasteiger partial charge is 0.311 e. The van der Waals surface area contributed by atoms with E-state index in [0.29, 0.717) is 17.9 Å². The van der Waals surface area contributed by atoms with Crippen LogP contribution in [0.15, 0.2) is 18.2 Å². The van der Waals surface area contributed by atoms with Crippen LogP contribution >= 0.6 is 0 Å². The fraction of sp³-hybridized carbons (Fsp3) is 0.652. The number of carbonyl (C=O) groups is 2. The third-order valence-electron chi connectivity index (χ3n) is 4.60. The van der Waals surface area contributed by atoms with Crippen molar-refractivity contribution in [2.24, 2.45) is 0 Å². The normalized spacial score (nSPS) is 11.7. The van der Waals surface area contributed by atoms with Crippen LogP contribution in [0.25, 0.3) is 0 Å². The Morgan fingerprint density at radius 1 is 0.929 bits per heavy atom. The molecule has 5 heteroatoms. The van der Waals surface area contributed by atoms with Crippen molar-refractivity contribution >= 4 is 11.9 Å². The van der Waals surface area contributed by atoms with Gasteiger partial charge < -0.3 is 14.2 Å². The van der Waals surface area contributed by atoms with Crippen LogP contribution in [0.5, 0.6) is 11.5 Å². The zero-order valence-electron chi connectivity index (χ0n) is 17.9. The lowest BCUT2D eigenvalue weighted by molar-refractivity contribution is -0.148. The van der Waals surface area contributed by atoms with E-state index in [1.807, 2.05) is 19.9 Å². The zero-order chi connectivity index (χ0) is 20.8. The molecule has 1 atom stereocenters. The Hall–Kier alpha value is -2.04. The average molecular weight is 393 g/mol. The quantitative estimate of drug-likeness (QED) is 0.229. The van der Waals surface area contributed by atoms with E-state index >= 15 is 0 Å². The van der Waals surface area contributed by atoms with Gasteiger partial charge in [-0.15, -0.1) is 0 Å². The molecule has 158 valence electrons. The van der Waals surface area contributed by atoms with Crippen LogP contribution < -0.4 is 9.47 Å². The highest BCUT2D eigenvalue weighted by Gasteiger charge is 2.13. The van der Waals surface area contributed by atoms with Crippen LogP contribution in [0.4, 0.5) is 0 Å². The van der Waals surface area contributed by atoms with Crippen molar-refractivity contribution in [3.8, 4) is 11.5 Å².